The van der Waals surface area contributed by atoms with Gasteiger partial charge in [0.05, 0.1) is 18.2 Å². The molecule has 1 aromatic carbocycles. The minimum atomic E-state index is -4.56. The normalized spacial score (nSPS) is 19.7. The molecule has 0 amide bonds. The fraction of sp³-hybridized carbons (Fsp3) is 0.417. The lowest BCUT2D eigenvalue weighted by Gasteiger charge is -2.38. The van der Waals surface area contributed by atoms with Crippen LogP contribution in [0.5, 0.6) is 0 Å². The summed E-state index contributed by atoms with van der Waals surface area (Å²) in [4.78, 5) is 11.7. The van der Waals surface area contributed by atoms with E-state index in [2.05, 4.69) is 0 Å². The fourth-order valence-electron chi connectivity index (χ4n) is 2.11. The second-order valence-electron chi connectivity index (χ2n) is 4.42. The van der Waals surface area contributed by atoms with Gasteiger partial charge in [-0.3, -0.25) is 0 Å². The molecular weight excluding hydrogens is 318 g/mol. The van der Waals surface area contributed by atoms with Crippen molar-refractivity contribution in [2.75, 3.05) is 24.7 Å². The molecule has 0 radical (unpaired) electrons. The van der Waals surface area contributed by atoms with Gasteiger partial charge in [-0.2, -0.15) is 13.2 Å². The molecule has 0 aliphatic carbocycles. The summed E-state index contributed by atoms with van der Waals surface area (Å²) in [7, 11) is 0. The van der Waals surface area contributed by atoms with Gasteiger partial charge >= 0.3 is 12.1 Å². The van der Waals surface area contributed by atoms with Crippen LogP contribution in [0.1, 0.15) is 10.4 Å². The number of aromatic carboxylic acids is 1. The van der Waals surface area contributed by atoms with Crippen molar-refractivity contribution in [3.63, 3.8) is 0 Å². The Morgan fingerprint density at radius 2 is 2.10 bits per heavy atom. The highest BCUT2D eigenvalue weighted by Gasteiger charge is 2.45. The summed E-state index contributed by atoms with van der Waals surface area (Å²) in [6.45, 7) is -0.637. The van der Waals surface area contributed by atoms with Crippen molar-refractivity contribution >= 4 is 23.3 Å². The summed E-state index contributed by atoms with van der Waals surface area (Å²) < 4.78 is 57.4. The summed E-state index contributed by atoms with van der Waals surface area (Å²) in [5.41, 5.74) is -0.898. The third-order valence-corrected chi connectivity index (χ3v) is 3.38. The zero-order valence-electron chi connectivity index (χ0n) is 10.5. The molecule has 0 aromatic heterocycles. The third-order valence-electron chi connectivity index (χ3n) is 3.08. The number of anilines is 1. The second kappa shape index (κ2) is 5.69. The van der Waals surface area contributed by atoms with Gasteiger partial charge in [0.2, 0.25) is 0 Å². The van der Waals surface area contributed by atoms with E-state index in [1.165, 1.54) is 0 Å². The number of carboxylic acids is 1. The summed E-state index contributed by atoms with van der Waals surface area (Å²) in [6, 6.07) is -0.185. The van der Waals surface area contributed by atoms with Gasteiger partial charge in [0.1, 0.15) is 17.4 Å². The molecule has 0 saturated carbocycles. The van der Waals surface area contributed by atoms with E-state index in [1.54, 1.807) is 0 Å². The molecule has 0 spiro atoms. The first-order valence-electron chi connectivity index (χ1n) is 5.85. The van der Waals surface area contributed by atoms with Crippen LogP contribution in [-0.4, -0.2) is 43.1 Å². The van der Waals surface area contributed by atoms with E-state index in [4.69, 9.17) is 21.4 Å². The van der Waals surface area contributed by atoms with Gasteiger partial charge in [-0.1, -0.05) is 11.6 Å². The first-order chi connectivity index (χ1) is 9.71. The van der Waals surface area contributed by atoms with Crippen molar-refractivity contribution in [2.24, 2.45) is 0 Å². The number of morpholine rings is 1. The van der Waals surface area contributed by atoms with E-state index in [-0.39, 0.29) is 18.8 Å². The molecule has 1 fully saturated rings. The monoisotopic (exact) mass is 327 g/mol. The molecule has 9 heteroatoms. The molecular formula is C12H10ClF4NO3. The van der Waals surface area contributed by atoms with E-state index in [9.17, 15) is 22.4 Å². The van der Waals surface area contributed by atoms with Crippen molar-refractivity contribution in [1.29, 1.82) is 0 Å². The topological polar surface area (TPSA) is 49.8 Å². The number of halogens is 5. The van der Waals surface area contributed by atoms with Gasteiger partial charge in [-0.05, 0) is 12.1 Å². The standard InChI is InChI=1S/C12H10ClF4NO3/c13-7-3-6(4-8(14)10(7)11(19)20)18-1-2-21-5-9(18)12(15,16)17/h3-4,9H,1-2,5H2,(H,19,20)/t9-/m1/s1. The first kappa shape index (κ1) is 15.8. The minimum absolute atomic E-state index is 0.0481. The molecule has 4 nitrogen and oxygen atoms in total. The molecule has 1 aromatic rings. The van der Waals surface area contributed by atoms with Crippen molar-refractivity contribution in [3.05, 3.63) is 28.5 Å². The molecule has 1 N–H and O–H groups in total. The van der Waals surface area contributed by atoms with Crippen LogP contribution in [0.3, 0.4) is 0 Å². The van der Waals surface area contributed by atoms with E-state index in [0.717, 1.165) is 17.0 Å². The summed E-state index contributed by atoms with van der Waals surface area (Å²) in [5.74, 6) is -2.77. The highest BCUT2D eigenvalue weighted by atomic mass is 35.5. The highest BCUT2D eigenvalue weighted by Crippen LogP contribution is 2.34. The number of hydrogen-bond donors (Lipinski definition) is 1. The largest absolute Gasteiger partial charge is 0.478 e. The maximum Gasteiger partial charge on any atom is 0.411 e. The van der Waals surface area contributed by atoms with Crippen molar-refractivity contribution in [3.8, 4) is 0 Å². The van der Waals surface area contributed by atoms with E-state index in [0.29, 0.717) is 0 Å². The average molecular weight is 328 g/mol. The number of nitrogens with zero attached hydrogens (tertiary/aromatic N) is 1. The number of benzene rings is 1. The van der Waals surface area contributed by atoms with Crippen LogP contribution in [-0.2, 0) is 4.74 Å². The van der Waals surface area contributed by atoms with Gasteiger partial charge in [-0.15, -0.1) is 0 Å². The van der Waals surface area contributed by atoms with E-state index in [1.807, 2.05) is 0 Å². The molecule has 1 saturated heterocycles. The number of hydrogen-bond acceptors (Lipinski definition) is 3. The zero-order chi connectivity index (χ0) is 15.8. The van der Waals surface area contributed by atoms with Crippen LogP contribution >= 0.6 is 11.6 Å². The Kier molecular flexibility index (Phi) is 4.29. The zero-order valence-corrected chi connectivity index (χ0v) is 11.2. The van der Waals surface area contributed by atoms with Gasteiger partial charge in [0.25, 0.3) is 0 Å². The SMILES string of the molecule is O=C(O)c1c(F)cc(N2CCOC[C@@H]2C(F)(F)F)cc1Cl. The Bertz CT molecular complexity index is 541. The van der Waals surface area contributed by atoms with Crippen molar-refractivity contribution in [2.45, 2.75) is 12.2 Å². The van der Waals surface area contributed by atoms with Crippen LogP contribution in [0.2, 0.25) is 5.02 Å². The van der Waals surface area contributed by atoms with Gasteiger partial charge in [0.15, 0.2) is 0 Å². The molecule has 1 heterocycles. The van der Waals surface area contributed by atoms with Gasteiger partial charge in [-0.25, -0.2) is 9.18 Å². The molecule has 2 rings (SSSR count). The lowest BCUT2D eigenvalue weighted by Crippen LogP contribution is -2.53. The van der Waals surface area contributed by atoms with Crippen LogP contribution in [0.4, 0.5) is 23.2 Å². The summed E-state index contributed by atoms with van der Waals surface area (Å²) in [5, 5.41) is 8.34. The number of carboxylic acid groups (broad SMARTS) is 1. The Morgan fingerprint density at radius 1 is 1.43 bits per heavy atom. The quantitative estimate of drug-likeness (QED) is 0.849. The first-order valence-corrected chi connectivity index (χ1v) is 6.23. The number of ether oxygens (including phenoxy) is 1. The van der Waals surface area contributed by atoms with E-state index < -0.39 is 41.2 Å². The van der Waals surface area contributed by atoms with Crippen LogP contribution in [0.15, 0.2) is 12.1 Å². The highest BCUT2D eigenvalue weighted by molar-refractivity contribution is 6.33. The second-order valence-corrected chi connectivity index (χ2v) is 4.82. The Labute approximate surface area is 121 Å². The predicted octanol–water partition coefficient (Wildman–Crippen LogP) is 2.94. The fourth-order valence-corrected chi connectivity index (χ4v) is 2.40. The lowest BCUT2D eigenvalue weighted by molar-refractivity contribution is -0.167. The van der Waals surface area contributed by atoms with Gasteiger partial charge in [0, 0.05) is 12.2 Å². The molecule has 1 aliphatic heterocycles. The minimum Gasteiger partial charge on any atom is -0.478 e. The number of carbonyl (C=O) groups is 1. The maximum atomic E-state index is 13.7. The third kappa shape index (κ3) is 3.21. The maximum absolute atomic E-state index is 13.7. The molecule has 0 unspecified atom stereocenters. The molecule has 21 heavy (non-hydrogen) atoms. The number of alkyl halides is 3. The van der Waals surface area contributed by atoms with Gasteiger partial charge < -0.3 is 14.7 Å². The summed E-state index contributed by atoms with van der Waals surface area (Å²) in [6.07, 6.45) is -4.56. The van der Waals surface area contributed by atoms with E-state index >= 15 is 0 Å². The average Bonchev–Trinajstić information content (AvgIpc) is 2.36. The number of rotatable bonds is 2. The lowest BCUT2D eigenvalue weighted by atomic mass is 10.1. The Balaban J connectivity index is 2.43. The van der Waals surface area contributed by atoms with Crippen LogP contribution in [0, 0.1) is 5.82 Å². The Hall–Kier alpha value is -1.54. The molecule has 1 aliphatic rings. The summed E-state index contributed by atoms with van der Waals surface area (Å²) >= 11 is 5.65. The van der Waals surface area contributed by atoms with Crippen molar-refractivity contribution in [1.82, 2.24) is 0 Å². The molecule has 0 bridgehead atoms. The predicted molar refractivity (Wildman–Crippen MR) is 66.4 cm³/mol. The van der Waals surface area contributed by atoms with Crippen LogP contribution in [0.25, 0.3) is 0 Å². The van der Waals surface area contributed by atoms with Crippen LogP contribution < -0.4 is 4.90 Å². The molecule has 116 valence electrons. The Morgan fingerprint density at radius 3 is 2.62 bits per heavy atom. The smallest absolute Gasteiger partial charge is 0.411 e. The molecule has 1 atom stereocenters. The van der Waals surface area contributed by atoms with Crippen molar-refractivity contribution < 1.29 is 32.2 Å².